The van der Waals surface area contributed by atoms with E-state index in [0.29, 0.717) is 16.9 Å². The van der Waals surface area contributed by atoms with Crippen LogP contribution in [-0.4, -0.2) is 31.4 Å². The standard InChI is InChI=1S/C21H27N5O2S2/c1-12(2)26-17(10-28-19-13(3)8-7-9-14(19)4)24-25-21(26)29-11-18(27)23-20-22-15(5)16(6)30-20/h7-9,12H,10-11H2,1-6H3,(H,22,23,27). The van der Waals surface area contributed by atoms with Crippen molar-refractivity contribution in [3.05, 3.63) is 45.7 Å². The number of thiazole rings is 1. The Bertz CT molecular complexity index is 1000. The van der Waals surface area contributed by atoms with E-state index >= 15 is 0 Å². The van der Waals surface area contributed by atoms with Crippen LogP contribution in [0, 0.1) is 27.7 Å². The predicted molar refractivity (Wildman–Crippen MR) is 122 cm³/mol. The zero-order chi connectivity index (χ0) is 21.8. The molecule has 0 aliphatic rings. The highest BCUT2D eigenvalue weighted by Crippen LogP contribution is 2.26. The molecule has 0 bridgehead atoms. The fourth-order valence-corrected chi connectivity index (χ4v) is 4.72. The summed E-state index contributed by atoms with van der Waals surface area (Å²) in [4.78, 5) is 17.8. The largest absolute Gasteiger partial charge is 0.485 e. The Morgan fingerprint density at radius 3 is 2.50 bits per heavy atom. The van der Waals surface area contributed by atoms with Crippen molar-refractivity contribution in [2.24, 2.45) is 0 Å². The van der Waals surface area contributed by atoms with Crippen molar-refractivity contribution in [2.45, 2.75) is 59.3 Å². The van der Waals surface area contributed by atoms with Gasteiger partial charge >= 0.3 is 0 Å². The lowest BCUT2D eigenvalue weighted by molar-refractivity contribution is -0.113. The molecule has 0 saturated heterocycles. The van der Waals surface area contributed by atoms with Crippen molar-refractivity contribution in [3.8, 4) is 5.75 Å². The van der Waals surface area contributed by atoms with Gasteiger partial charge in [0.2, 0.25) is 5.91 Å². The van der Waals surface area contributed by atoms with Crippen LogP contribution >= 0.6 is 23.1 Å². The number of benzene rings is 1. The lowest BCUT2D eigenvalue weighted by Gasteiger charge is -2.15. The number of carbonyl (C=O) groups excluding carboxylic acids is 1. The smallest absolute Gasteiger partial charge is 0.236 e. The summed E-state index contributed by atoms with van der Waals surface area (Å²) in [5, 5.41) is 12.8. The second-order valence-electron chi connectivity index (χ2n) is 7.37. The van der Waals surface area contributed by atoms with Crippen molar-refractivity contribution >= 4 is 34.1 Å². The van der Waals surface area contributed by atoms with Gasteiger partial charge in [0.05, 0.1) is 11.4 Å². The maximum absolute atomic E-state index is 12.3. The SMILES string of the molecule is Cc1cccc(C)c1OCc1nnc(SCC(=O)Nc2nc(C)c(C)s2)n1C(C)C. The van der Waals surface area contributed by atoms with Crippen LogP contribution in [0.25, 0.3) is 0 Å². The van der Waals surface area contributed by atoms with Gasteiger partial charge in [0.15, 0.2) is 16.1 Å². The normalized spacial score (nSPS) is 11.2. The van der Waals surface area contributed by atoms with E-state index in [2.05, 4.69) is 34.3 Å². The van der Waals surface area contributed by atoms with Crippen molar-refractivity contribution < 1.29 is 9.53 Å². The van der Waals surface area contributed by atoms with Gasteiger partial charge in [0.1, 0.15) is 12.4 Å². The summed E-state index contributed by atoms with van der Waals surface area (Å²) in [6, 6.07) is 6.22. The topological polar surface area (TPSA) is 81.9 Å². The molecule has 1 amide bonds. The number of hydrogen-bond donors (Lipinski definition) is 1. The third kappa shape index (κ3) is 5.20. The average molecular weight is 446 g/mol. The number of hydrogen-bond acceptors (Lipinski definition) is 7. The summed E-state index contributed by atoms with van der Waals surface area (Å²) in [6.07, 6.45) is 0. The van der Waals surface area contributed by atoms with Gasteiger partial charge in [0.25, 0.3) is 0 Å². The first-order valence-corrected chi connectivity index (χ1v) is 11.6. The summed E-state index contributed by atoms with van der Waals surface area (Å²) < 4.78 is 8.07. The highest BCUT2D eigenvalue weighted by molar-refractivity contribution is 7.99. The van der Waals surface area contributed by atoms with Gasteiger partial charge in [-0.15, -0.1) is 21.5 Å². The number of thioether (sulfide) groups is 1. The number of aromatic nitrogens is 4. The molecule has 0 spiro atoms. The molecule has 30 heavy (non-hydrogen) atoms. The molecule has 3 rings (SSSR count). The second-order valence-corrected chi connectivity index (χ2v) is 9.52. The Labute approximate surface area is 185 Å². The Hall–Kier alpha value is -2.39. The number of ether oxygens (including phenoxy) is 1. The minimum atomic E-state index is -0.111. The lowest BCUT2D eigenvalue weighted by Crippen LogP contribution is -2.15. The van der Waals surface area contributed by atoms with E-state index in [4.69, 9.17) is 4.74 Å². The van der Waals surface area contributed by atoms with Crippen LogP contribution in [0.4, 0.5) is 5.13 Å². The molecule has 3 aromatic rings. The summed E-state index contributed by atoms with van der Waals surface area (Å²) in [7, 11) is 0. The number of nitrogens with one attached hydrogen (secondary N) is 1. The first-order valence-electron chi connectivity index (χ1n) is 9.75. The third-order valence-corrected chi connectivity index (χ3v) is 6.54. The molecule has 0 radical (unpaired) electrons. The lowest BCUT2D eigenvalue weighted by atomic mass is 10.1. The number of carbonyl (C=O) groups is 1. The van der Waals surface area contributed by atoms with Crippen LogP contribution in [0.1, 0.15) is 47.4 Å². The Morgan fingerprint density at radius 2 is 1.90 bits per heavy atom. The minimum Gasteiger partial charge on any atom is -0.485 e. The van der Waals surface area contributed by atoms with E-state index < -0.39 is 0 Å². The molecule has 7 nitrogen and oxygen atoms in total. The number of amides is 1. The first-order chi connectivity index (χ1) is 14.3. The van der Waals surface area contributed by atoms with Crippen molar-refractivity contribution in [2.75, 3.05) is 11.1 Å². The Balaban J connectivity index is 1.66. The molecule has 1 aromatic carbocycles. The van der Waals surface area contributed by atoms with E-state index in [1.165, 1.54) is 23.1 Å². The van der Waals surface area contributed by atoms with Crippen LogP contribution in [0.5, 0.6) is 5.75 Å². The van der Waals surface area contributed by atoms with Crippen molar-refractivity contribution in [3.63, 3.8) is 0 Å². The predicted octanol–water partition coefficient (Wildman–Crippen LogP) is 4.86. The number of para-hydroxylation sites is 1. The number of rotatable bonds is 8. The zero-order valence-corrected chi connectivity index (χ0v) is 19.8. The van der Waals surface area contributed by atoms with E-state index in [9.17, 15) is 4.79 Å². The molecule has 2 aromatic heterocycles. The molecule has 0 aliphatic heterocycles. The van der Waals surface area contributed by atoms with E-state index in [0.717, 1.165) is 33.3 Å². The van der Waals surface area contributed by atoms with Crippen molar-refractivity contribution in [1.29, 1.82) is 0 Å². The van der Waals surface area contributed by atoms with Crippen molar-refractivity contribution in [1.82, 2.24) is 19.7 Å². The van der Waals surface area contributed by atoms with E-state index in [1.54, 1.807) is 0 Å². The first kappa shape index (κ1) is 22.3. The maximum Gasteiger partial charge on any atom is 0.236 e. The van der Waals surface area contributed by atoms with Crippen LogP contribution in [0.15, 0.2) is 23.4 Å². The number of aryl methyl sites for hydroxylation is 4. The van der Waals surface area contributed by atoms with Gasteiger partial charge in [0, 0.05) is 10.9 Å². The maximum atomic E-state index is 12.3. The fraction of sp³-hybridized carbons (Fsp3) is 0.429. The minimum absolute atomic E-state index is 0.111. The molecule has 2 heterocycles. The molecular weight excluding hydrogens is 418 g/mol. The van der Waals surface area contributed by atoms with Gasteiger partial charge in [-0.3, -0.25) is 4.79 Å². The second kappa shape index (κ2) is 9.61. The molecule has 9 heteroatoms. The van der Waals surface area contributed by atoms with Gasteiger partial charge in [-0.25, -0.2) is 4.98 Å². The van der Waals surface area contributed by atoms with Gasteiger partial charge in [-0.2, -0.15) is 0 Å². The number of anilines is 1. The van der Waals surface area contributed by atoms with Crippen LogP contribution in [0.2, 0.25) is 0 Å². The Kier molecular flexibility index (Phi) is 7.14. The highest BCUT2D eigenvalue weighted by Gasteiger charge is 2.18. The summed E-state index contributed by atoms with van der Waals surface area (Å²) in [6.45, 7) is 12.4. The average Bonchev–Trinajstić information content (AvgIpc) is 3.22. The molecule has 1 N–H and O–H groups in total. The van der Waals surface area contributed by atoms with Gasteiger partial charge in [-0.05, 0) is 52.7 Å². The molecule has 0 aliphatic carbocycles. The Morgan fingerprint density at radius 1 is 1.20 bits per heavy atom. The van der Waals surface area contributed by atoms with Crippen LogP contribution < -0.4 is 10.1 Å². The summed E-state index contributed by atoms with van der Waals surface area (Å²) in [5.74, 6) is 1.74. The molecule has 0 saturated carbocycles. The molecule has 160 valence electrons. The zero-order valence-electron chi connectivity index (χ0n) is 18.1. The summed E-state index contributed by atoms with van der Waals surface area (Å²) >= 11 is 2.84. The van der Waals surface area contributed by atoms with E-state index in [1.807, 2.05) is 50.5 Å². The molecule has 0 atom stereocenters. The molecule has 0 fully saturated rings. The quantitative estimate of drug-likeness (QED) is 0.499. The van der Waals surface area contributed by atoms with Crippen LogP contribution in [-0.2, 0) is 11.4 Å². The number of nitrogens with zero attached hydrogens (tertiary/aromatic N) is 4. The van der Waals surface area contributed by atoms with E-state index in [-0.39, 0.29) is 17.7 Å². The molecular formula is C21H27N5O2S2. The van der Waals surface area contributed by atoms with Gasteiger partial charge in [-0.1, -0.05) is 30.0 Å². The molecule has 0 unspecified atom stereocenters. The highest BCUT2D eigenvalue weighted by atomic mass is 32.2. The monoisotopic (exact) mass is 445 g/mol. The third-order valence-electron chi connectivity index (χ3n) is 4.61. The van der Waals surface area contributed by atoms with Crippen LogP contribution in [0.3, 0.4) is 0 Å². The fourth-order valence-electron chi connectivity index (χ4n) is 3.00. The summed E-state index contributed by atoms with van der Waals surface area (Å²) in [5.41, 5.74) is 3.12. The van der Waals surface area contributed by atoms with Gasteiger partial charge < -0.3 is 14.6 Å².